The average molecular weight is 454 g/mol. The lowest BCUT2D eigenvalue weighted by Gasteiger charge is -2.32. The van der Waals surface area contributed by atoms with E-state index in [9.17, 15) is 9.00 Å². The molecule has 1 aromatic carbocycles. The zero-order valence-corrected chi connectivity index (χ0v) is 17.7. The maximum atomic E-state index is 12.4. The third-order valence-electron chi connectivity index (χ3n) is 4.54. The number of furan rings is 1. The van der Waals surface area contributed by atoms with Gasteiger partial charge in [0.15, 0.2) is 5.76 Å². The Morgan fingerprint density at radius 3 is 2.56 bits per heavy atom. The van der Waals surface area contributed by atoms with Gasteiger partial charge in [-0.3, -0.25) is 13.9 Å². The molecule has 1 aliphatic rings. The smallest absolute Gasteiger partial charge is 0.287 e. The summed E-state index contributed by atoms with van der Waals surface area (Å²) < 4.78 is 18.9. The lowest BCUT2D eigenvalue weighted by atomic mass is 10.3. The van der Waals surface area contributed by atoms with E-state index in [0.717, 1.165) is 42.1 Å². The Labute approximate surface area is 170 Å². The van der Waals surface area contributed by atoms with Gasteiger partial charge in [-0.25, -0.2) is 0 Å². The van der Waals surface area contributed by atoms with E-state index in [1.165, 1.54) is 0 Å². The van der Waals surface area contributed by atoms with E-state index in [-0.39, 0.29) is 17.4 Å². The van der Waals surface area contributed by atoms with Crippen molar-refractivity contribution in [2.75, 3.05) is 46.3 Å². The third-order valence-corrected chi connectivity index (χ3v) is 6.42. The zero-order valence-electron chi connectivity index (χ0n) is 15.3. The van der Waals surface area contributed by atoms with Crippen LogP contribution in [0.4, 0.5) is 0 Å². The first kappa shape index (κ1) is 20.3. The zero-order chi connectivity index (χ0) is 19.2. The topological polar surface area (TPSA) is 65.8 Å². The van der Waals surface area contributed by atoms with Crippen molar-refractivity contribution in [2.45, 2.75) is 10.6 Å². The van der Waals surface area contributed by atoms with Crippen LogP contribution < -0.4 is 5.32 Å². The minimum Gasteiger partial charge on any atom is -0.455 e. The Balaban J connectivity index is 1.46. The molecule has 3 rings (SSSR count). The van der Waals surface area contributed by atoms with Crippen molar-refractivity contribution in [1.29, 1.82) is 0 Å². The SMILES string of the molecule is CN1CCN(CCNC(=O)c2ccc(C[S@@](=O)c3ccc(Br)cc3)o2)CC1. The summed E-state index contributed by atoms with van der Waals surface area (Å²) in [5.41, 5.74) is 0. The second-order valence-corrected chi connectivity index (χ2v) is 8.98. The first-order valence-corrected chi connectivity index (χ1v) is 11.0. The first-order chi connectivity index (χ1) is 13.0. The molecule has 2 aromatic rings. The van der Waals surface area contributed by atoms with Gasteiger partial charge in [0.2, 0.25) is 0 Å². The van der Waals surface area contributed by atoms with Crippen LogP contribution in [-0.4, -0.2) is 66.2 Å². The van der Waals surface area contributed by atoms with Crippen molar-refractivity contribution < 1.29 is 13.4 Å². The number of nitrogens with zero attached hydrogens (tertiary/aromatic N) is 2. The van der Waals surface area contributed by atoms with Crippen LogP contribution in [0.25, 0.3) is 0 Å². The van der Waals surface area contributed by atoms with Crippen molar-refractivity contribution in [3.63, 3.8) is 0 Å². The maximum absolute atomic E-state index is 12.4. The standard InChI is InChI=1S/C19H24BrN3O3S/c1-22-10-12-23(13-11-22)9-8-21-19(24)18-7-4-16(26-18)14-27(25)17-5-2-15(20)3-6-17/h2-7H,8-14H2,1H3,(H,21,24)/t27-/m1/s1. The third kappa shape index (κ3) is 6.00. The molecule has 0 radical (unpaired) electrons. The molecule has 1 saturated heterocycles. The lowest BCUT2D eigenvalue weighted by Crippen LogP contribution is -2.46. The molecule has 0 saturated carbocycles. The summed E-state index contributed by atoms with van der Waals surface area (Å²) >= 11 is 3.36. The van der Waals surface area contributed by atoms with Gasteiger partial charge in [-0.1, -0.05) is 15.9 Å². The molecule has 2 heterocycles. The summed E-state index contributed by atoms with van der Waals surface area (Å²) in [4.78, 5) is 17.6. The van der Waals surface area contributed by atoms with Crippen LogP contribution in [0.3, 0.4) is 0 Å². The normalized spacial score (nSPS) is 17.0. The summed E-state index contributed by atoms with van der Waals surface area (Å²) in [5, 5.41) is 2.89. The van der Waals surface area contributed by atoms with Gasteiger partial charge in [0.05, 0.1) is 16.6 Å². The number of halogens is 1. The molecule has 146 valence electrons. The molecule has 1 aliphatic heterocycles. The molecule has 0 bridgehead atoms. The number of hydrogen-bond acceptors (Lipinski definition) is 5. The molecular weight excluding hydrogens is 430 g/mol. The van der Waals surface area contributed by atoms with Crippen LogP contribution in [0.1, 0.15) is 16.3 Å². The number of nitrogens with one attached hydrogen (secondary N) is 1. The van der Waals surface area contributed by atoms with Crippen LogP contribution in [0.5, 0.6) is 0 Å². The minimum absolute atomic E-state index is 0.232. The number of piperazine rings is 1. The molecule has 1 amide bonds. The van der Waals surface area contributed by atoms with Crippen molar-refractivity contribution in [2.24, 2.45) is 0 Å². The van der Waals surface area contributed by atoms with Crippen LogP contribution in [0.2, 0.25) is 0 Å². The number of benzene rings is 1. The highest BCUT2D eigenvalue weighted by atomic mass is 79.9. The monoisotopic (exact) mass is 453 g/mol. The Hall–Kier alpha value is -1.48. The Morgan fingerprint density at radius 2 is 1.85 bits per heavy atom. The highest BCUT2D eigenvalue weighted by Gasteiger charge is 2.16. The molecule has 6 nitrogen and oxygen atoms in total. The highest BCUT2D eigenvalue weighted by molar-refractivity contribution is 9.10. The van der Waals surface area contributed by atoms with E-state index in [0.29, 0.717) is 12.3 Å². The van der Waals surface area contributed by atoms with E-state index in [1.54, 1.807) is 12.1 Å². The Bertz CT molecular complexity index is 786. The second kappa shape index (κ2) is 9.64. The predicted molar refractivity (Wildman–Crippen MR) is 109 cm³/mol. The van der Waals surface area contributed by atoms with Crippen molar-refractivity contribution in [1.82, 2.24) is 15.1 Å². The number of likely N-dealkylation sites (N-methyl/N-ethyl adjacent to an activating group) is 1. The number of carbonyl (C=O) groups is 1. The van der Waals surface area contributed by atoms with Crippen molar-refractivity contribution >= 4 is 32.6 Å². The molecule has 0 aliphatic carbocycles. The van der Waals surface area contributed by atoms with Gasteiger partial charge in [0, 0.05) is 48.6 Å². The molecule has 1 aromatic heterocycles. The Morgan fingerprint density at radius 1 is 1.15 bits per heavy atom. The quantitative estimate of drug-likeness (QED) is 0.696. The fraction of sp³-hybridized carbons (Fsp3) is 0.421. The summed E-state index contributed by atoms with van der Waals surface area (Å²) in [7, 11) is 0.911. The van der Waals surface area contributed by atoms with Crippen LogP contribution in [0, 0.1) is 0 Å². The first-order valence-electron chi connectivity index (χ1n) is 8.93. The number of amides is 1. The molecule has 1 fully saturated rings. The molecule has 27 heavy (non-hydrogen) atoms. The van der Waals surface area contributed by atoms with Gasteiger partial charge in [0.25, 0.3) is 5.91 Å². The van der Waals surface area contributed by atoms with Gasteiger partial charge in [-0.05, 0) is 43.4 Å². The van der Waals surface area contributed by atoms with Crippen molar-refractivity contribution in [3.8, 4) is 0 Å². The average Bonchev–Trinajstić information content (AvgIpc) is 3.12. The van der Waals surface area contributed by atoms with E-state index in [2.05, 4.69) is 38.1 Å². The molecular formula is C19H24BrN3O3S. The van der Waals surface area contributed by atoms with E-state index in [1.807, 2.05) is 24.3 Å². The van der Waals surface area contributed by atoms with E-state index in [4.69, 9.17) is 4.42 Å². The van der Waals surface area contributed by atoms with Gasteiger partial charge < -0.3 is 14.6 Å². The molecule has 8 heteroatoms. The van der Waals surface area contributed by atoms with E-state index >= 15 is 0 Å². The Kier molecular flexibility index (Phi) is 7.23. The highest BCUT2D eigenvalue weighted by Crippen LogP contribution is 2.17. The van der Waals surface area contributed by atoms with Crippen molar-refractivity contribution in [3.05, 3.63) is 52.4 Å². The van der Waals surface area contributed by atoms with Crippen LogP contribution in [0.15, 0.2) is 50.2 Å². The fourth-order valence-corrected chi connectivity index (χ4v) is 4.15. The molecule has 0 spiro atoms. The molecule has 0 unspecified atom stereocenters. The number of carbonyl (C=O) groups excluding carboxylic acids is 1. The summed E-state index contributed by atoms with van der Waals surface area (Å²) in [6.07, 6.45) is 0. The van der Waals surface area contributed by atoms with E-state index < -0.39 is 10.8 Å². The van der Waals surface area contributed by atoms with Gasteiger partial charge in [0.1, 0.15) is 5.76 Å². The maximum Gasteiger partial charge on any atom is 0.287 e. The fourth-order valence-electron chi connectivity index (χ4n) is 2.86. The number of rotatable bonds is 7. The van der Waals surface area contributed by atoms with Gasteiger partial charge in [-0.15, -0.1) is 0 Å². The summed E-state index contributed by atoms with van der Waals surface area (Å²) in [6.45, 7) is 5.60. The largest absolute Gasteiger partial charge is 0.455 e. The molecule has 1 N–H and O–H groups in total. The molecule has 1 atom stereocenters. The minimum atomic E-state index is -1.21. The van der Waals surface area contributed by atoms with Gasteiger partial charge >= 0.3 is 0 Å². The summed E-state index contributed by atoms with van der Waals surface area (Å²) in [5.74, 6) is 0.817. The summed E-state index contributed by atoms with van der Waals surface area (Å²) in [6, 6.07) is 10.7. The second-order valence-electron chi connectivity index (χ2n) is 6.61. The number of hydrogen-bond donors (Lipinski definition) is 1. The lowest BCUT2D eigenvalue weighted by molar-refractivity contribution is 0.0912. The van der Waals surface area contributed by atoms with Crippen LogP contribution >= 0.6 is 15.9 Å². The predicted octanol–water partition coefficient (Wildman–Crippen LogP) is 2.33. The van der Waals surface area contributed by atoms with Gasteiger partial charge in [-0.2, -0.15) is 0 Å². The van der Waals surface area contributed by atoms with Crippen LogP contribution in [-0.2, 0) is 16.6 Å².